The molecule has 2 heterocycles. The van der Waals surface area contributed by atoms with Gasteiger partial charge in [-0.25, -0.2) is 12.6 Å². The summed E-state index contributed by atoms with van der Waals surface area (Å²) in [5, 5.41) is 2.14. The fourth-order valence-electron chi connectivity index (χ4n) is 2.31. The number of anilines is 2. The van der Waals surface area contributed by atoms with E-state index in [1.807, 2.05) is 0 Å². The van der Waals surface area contributed by atoms with Crippen LogP contribution < -0.4 is 9.44 Å². The van der Waals surface area contributed by atoms with E-state index in [0.717, 1.165) is 0 Å². The molecule has 2 N–H and O–H groups in total. The Morgan fingerprint density at radius 3 is 2.33 bits per heavy atom. The summed E-state index contributed by atoms with van der Waals surface area (Å²) in [4.78, 5) is 0.0106. The van der Waals surface area contributed by atoms with Crippen LogP contribution >= 0.6 is 34.5 Å². The third-order valence-corrected chi connectivity index (χ3v) is 7.98. The molecule has 0 radical (unpaired) electrons. The van der Waals surface area contributed by atoms with Gasteiger partial charge >= 0.3 is 0 Å². The highest BCUT2D eigenvalue weighted by Crippen LogP contribution is 2.35. The highest BCUT2D eigenvalue weighted by Gasteiger charge is 2.23. The number of nitrogens with one attached hydrogen (secondary N) is 2. The average molecular weight is 465 g/mol. The quantitative estimate of drug-likeness (QED) is 0.524. The Hall–Kier alpha value is -1.52. The SMILES string of the molecule is Cc1cc(S(=O)(=O)Nc2cc(Cl)c(Cl)cc2NS(=O)c2cccs2)c(C)o1. The van der Waals surface area contributed by atoms with Crippen molar-refractivity contribution in [2.45, 2.75) is 23.0 Å². The number of benzene rings is 1. The molecule has 144 valence electrons. The van der Waals surface area contributed by atoms with Gasteiger partial charge in [0.25, 0.3) is 10.0 Å². The zero-order chi connectivity index (χ0) is 19.8. The van der Waals surface area contributed by atoms with Gasteiger partial charge in [0.05, 0.1) is 21.4 Å². The first-order valence-corrected chi connectivity index (χ1v) is 11.7. The van der Waals surface area contributed by atoms with Crippen LogP contribution in [0.25, 0.3) is 0 Å². The molecule has 0 amide bonds. The predicted molar refractivity (Wildman–Crippen MR) is 110 cm³/mol. The van der Waals surface area contributed by atoms with Crippen LogP contribution in [0.2, 0.25) is 10.0 Å². The lowest BCUT2D eigenvalue weighted by molar-refractivity contribution is 0.496. The van der Waals surface area contributed by atoms with Gasteiger partial charge in [-0.15, -0.1) is 11.3 Å². The first kappa shape index (κ1) is 20.2. The molecule has 0 aliphatic rings. The normalized spacial score (nSPS) is 12.7. The van der Waals surface area contributed by atoms with Crippen molar-refractivity contribution in [1.82, 2.24) is 0 Å². The highest BCUT2D eigenvalue weighted by atomic mass is 35.5. The van der Waals surface area contributed by atoms with Crippen LogP contribution in [0.4, 0.5) is 11.4 Å². The molecule has 0 saturated carbocycles. The third kappa shape index (κ3) is 4.49. The summed E-state index contributed by atoms with van der Waals surface area (Å²) in [6, 6.07) is 7.67. The van der Waals surface area contributed by atoms with E-state index in [0.29, 0.717) is 9.97 Å². The van der Waals surface area contributed by atoms with Gasteiger partial charge in [-0.3, -0.25) is 9.44 Å². The molecule has 6 nitrogen and oxygen atoms in total. The molecule has 2 aromatic heterocycles. The van der Waals surface area contributed by atoms with Crippen molar-refractivity contribution < 1.29 is 17.0 Å². The van der Waals surface area contributed by atoms with Gasteiger partial charge in [-0.2, -0.15) is 0 Å². The fraction of sp³-hybridized carbons (Fsp3) is 0.125. The maximum Gasteiger partial charge on any atom is 0.265 e. The Morgan fingerprint density at radius 1 is 1.11 bits per heavy atom. The number of aryl methyl sites for hydroxylation is 2. The smallest absolute Gasteiger partial charge is 0.265 e. The van der Waals surface area contributed by atoms with Gasteiger partial charge in [-0.1, -0.05) is 29.3 Å². The Bertz CT molecular complexity index is 1110. The van der Waals surface area contributed by atoms with Crippen LogP contribution in [0.15, 0.2) is 49.2 Å². The maximum absolute atomic E-state index is 12.7. The van der Waals surface area contributed by atoms with Crippen molar-refractivity contribution in [1.29, 1.82) is 0 Å². The predicted octanol–water partition coefficient (Wildman–Crippen LogP) is 5.20. The van der Waals surface area contributed by atoms with Crippen molar-refractivity contribution in [3.05, 3.63) is 57.3 Å². The van der Waals surface area contributed by atoms with E-state index in [1.165, 1.54) is 29.5 Å². The summed E-state index contributed by atoms with van der Waals surface area (Å²) in [5.41, 5.74) is 0.352. The largest absolute Gasteiger partial charge is 0.465 e. The standard InChI is InChI=1S/C16H14Cl2N2O4S3/c1-9-6-15(10(2)24-9)27(22,23)20-14-8-12(18)11(17)7-13(14)19-26(21)16-4-3-5-25-16/h3-8,19-20H,1-2H3. The molecule has 0 bridgehead atoms. The topological polar surface area (TPSA) is 88.4 Å². The Balaban J connectivity index is 1.98. The lowest BCUT2D eigenvalue weighted by Crippen LogP contribution is -2.15. The van der Waals surface area contributed by atoms with Crippen LogP contribution in [0.1, 0.15) is 11.5 Å². The van der Waals surface area contributed by atoms with Crippen LogP contribution in [0.3, 0.4) is 0 Å². The first-order valence-electron chi connectivity index (χ1n) is 7.48. The Morgan fingerprint density at radius 2 is 1.78 bits per heavy atom. The summed E-state index contributed by atoms with van der Waals surface area (Å²) >= 11 is 13.4. The molecule has 0 fully saturated rings. The Labute approximate surface area is 173 Å². The van der Waals surface area contributed by atoms with Gasteiger partial charge in [0.2, 0.25) is 0 Å². The molecule has 1 atom stereocenters. The van der Waals surface area contributed by atoms with Gasteiger partial charge < -0.3 is 4.42 Å². The van der Waals surface area contributed by atoms with Crippen molar-refractivity contribution in [3.8, 4) is 0 Å². The molecule has 27 heavy (non-hydrogen) atoms. The van der Waals surface area contributed by atoms with Crippen LogP contribution in [-0.2, 0) is 21.0 Å². The van der Waals surface area contributed by atoms with Crippen molar-refractivity contribution in [2.75, 3.05) is 9.44 Å². The van der Waals surface area contributed by atoms with Crippen LogP contribution in [-0.4, -0.2) is 12.6 Å². The van der Waals surface area contributed by atoms with E-state index in [2.05, 4.69) is 9.44 Å². The molecule has 1 unspecified atom stereocenters. The third-order valence-electron chi connectivity index (χ3n) is 3.47. The number of furan rings is 1. The molecule has 0 aliphatic heterocycles. The maximum atomic E-state index is 12.7. The second-order valence-electron chi connectivity index (χ2n) is 5.50. The second kappa shape index (κ2) is 7.84. The number of hydrogen-bond acceptors (Lipinski definition) is 5. The summed E-state index contributed by atoms with van der Waals surface area (Å²) in [6.07, 6.45) is 0. The summed E-state index contributed by atoms with van der Waals surface area (Å²) in [6.45, 7) is 3.21. The lowest BCUT2D eigenvalue weighted by atomic mass is 10.3. The zero-order valence-corrected chi connectivity index (χ0v) is 18.0. The summed E-state index contributed by atoms with van der Waals surface area (Å²) in [7, 11) is -5.53. The molecular formula is C16H14Cl2N2O4S3. The number of rotatable bonds is 6. The molecule has 1 aromatic carbocycles. The molecule has 11 heteroatoms. The summed E-state index contributed by atoms with van der Waals surface area (Å²) in [5.74, 6) is 0.732. The van der Waals surface area contributed by atoms with Crippen molar-refractivity contribution in [3.63, 3.8) is 0 Å². The van der Waals surface area contributed by atoms with Gasteiger partial charge in [0.1, 0.15) is 20.6 Å². The van der Waals surface area contributed by atoms with E-state index in [9.17, 15) is 12.6 Å². The molecular weight excluding hydrogens is 451 g/mol. The molecule has 0 saturated heterocycles. The van der Waals surface area contributed by atoms with Crippen LogP contribution in [0.5, 0.6) is 0 Å². The molecule has 0 spiro atoms. The lowest BCUT2D eigenvalue weighted by Gasteiger charge is -2.14. The van der Waals surface area contributed by atoms with E-state index >= 15 is 0 Å². The zero-order valence-electron chi connectivity index (χ0n) is 14.1. The number of halogens is 2. The highest BCUT2D eigenvalue weighted by molar-refractivity contribution is 7.92. The van der Waals surface area contributed by atoms with Crippen molar-refractivity contribution in [2.24, 2.45) is 0 Å². The number of sulfonamides is 1. The average Bonchev–Trinajstić information content (AvgIpc) is 3.21. The van der Waals surface area contributed by atoms with E-state index in [-0.39, 0.29) is 32.1 Å². The monoisotopic (exact) mass is 464 g/mol. The number of thiophene rings is 1. The molecule has 0 aliphatic carbocycles. The number of hydrogen-bond donors (Lipinski definition) is 2. The first-order chi connectivity index (χ1) is 12.7. The van der Waals surface area contributed by atoms with Crippen molar-refractivity contribution >= 4 is 66.9 Å². The van der Waals surface area contributed by atoms with Crippen LogP contribution in [0, 0.1) is 13.8 Å². The minimum absolute atomic E-state index is 0.0106. The minimum atomic E-state index is -3.95. The van der Waals surface area contributed by atoms with E-state index in [1.54, 1.807) is 31.4 Å². The second-order valence-corrected chi connectivity index (χ2v) is 10.4. The van der Waals surface area contributed by atoms with Gasteiger partial charge in [0.15, 0.2) is 11.0 Å². The fourth-order valence-corrected chi connectivity index (χ4v) is 5.71. The van der Waals surface area contributed by atoms with E-state index < -0.39 is 21.0 Å². The molecule has 3 aromatic rings. The van der Waals surface area contributed by atoms with Gasteiger partial charge in [-0.05, 0) is 37.4 Å². The minimum Gasteiger partial charge on any atom is -0.465 e. The summed E-state index contributed by atoms with van der Waals surface area (Å²) < 4.78 is 49.0. The molecule has 3 rings (SSSR count). The van der Waals surface area contributed by atoms with E-state index in [4.69, 9.17) is 27.6 Å². The Kier molecular flexibility index (Phi) is 5.87. The van der Waals surface area contributed by atoms with Gasteiger partial charge in [0, 0.05) is 6.07 Å².